The number of aromatic nitrogens is 2. The Balaban J connectivity index is 1.83. The Bertz CT molecular complexity index is 769. The molecule has 0 fully saturated rings. The van der Waals surface area contributed by atoms with E-state index < -0.39 is 0 Å². The molecule has 1 N–H and O–H groups in total. The fraction of sp³-hybridized carbons (Fsp3) is 0.474. The summed E-state index contributed by atoms with van der Waals surface area (Å²) >= 11 is 0. The van der Waals surface area contributed by atoms with Crippen molar-refractivity contribution in [1.82, 2.24) is 14.9 Å². The van der Waals surface area contributed by atoms with Crippen LogP contribution in [0.1, 0.15) is 40.2 Å². The Labute approximate surface area is 143 Å². The maximum absolute atomic E-state index is 12.2. The van der Waals surface area contributed by atoms with Crippen LogP contribution in [0.15, 0.2) is 30.7 Å². The van der Waals surface area contributed by atoms with Gasteiger partial charge in [0.05, 0.1) is 18.2 Å². The molecule has 0 bridgehead atoms. The zero-order chi connectivity index (χ0) is 17.5. The topological polar surface area (TPSA) is 56.2 Å². The van der Waals surface area contributed by atoms with Gasteiger partial charge in [0.15, 0.2) is 0 Å². The van der Waals surface area contributed by atoms with Crippen LogP contribution in [0.5, 0.6) is 5.75 Å². The monoisotopic (exact) mass is 327 g/mol. The van der Waals surface area contributed by atoms with Crippen molar-refractivity contribution in [1.29, 1.82) is 0 Å². The minimum Gasteiger partial charge on any atom is -0.487 e. The minimum absolute atomic E-state index is 0.0209. The Morgan fingerprint density at radius 1 is 1.38 bits per heavy atom. The second kappa shape index (κ2) is 5.65. The first-order valence-electron chi connectivity index (χ1n) is 8.26. The zero-order valence-corrected chi connectivity index (χ0v) is 15.0. The van der Waals surface area contributed by atoms with Gasteiger partial charge in [0.2, 0.25) is 5.91 Å². The highest BCUT2D eigenvalue weighted by Crippen LogP contribution is 2.37. The molecule has 5 heteroatoms. The first-order chi connectivity index (χ1) is 11.1. The molecule has 1 aliphatic rings. The summed E-state index contributed by atoms with van der Waals surface area (Å²) in [6, 6.07) is 6.17. The van der Waals surface area contributed by atoms with Crippen molar-refractivity contribution in [3.05, 3.63) is 36.3 Å². The number of ether oxygens (including phenoxy) is 1. The lowest BCUT2D eigenvalue weighted by Crippen LogP contribution is -2.42. The molecule has 0 atom stereocenters. The van der Waals surface area contributed by atoms with Gasteiger partial charge in [0.1, 0.15) is 17.9 Å². The molecule has 3 rings (SSSR count). The van der Waals surface area contributed by atoms with Crippen LogP contribution in [0.2, 0.25) is 0 Å². The number of carbonyl (C=O) groups excluding carboxylic acids is 1. The number of nitrogens with one attached hydrogen (secondary N) is 1. The van der Waals surface area contributed by atoms with Crippen molar-refractivity contribution in [2.45, 2.75) is 58.7 Å². The summed E-state index contributed by atoms with van der Waals surface area (Å²) in [5, 5.41) is 2.98. The van der Waals surface area contributed by atoms with Crippen molar-refractivity contribution in [3.63, 3.8) is 0 Å². The normalized spacial score (nSPS) is 15.7. The smallest absolute Gasteiger partial charge is 0.240 e. The highest BCUT2D eigenvalue weighted by Gasteiger charge is 2.30. The zero-order valence-electron chi connectivity index (χ0n) is 15.0. The molecule has 0 spiro atoms. The fourth-order valence-electron chi connectivity index (χ4n) is 3.07. The number of imidazole rings is 1. The van der Waals surface area contributed by atoms with Gasteiger partial charge >= 0.3 is 0 Å². The predicted molar refractivity (Wildman–Crippen MR) is 94.0 cm³/mol. The number of amides is 1. The van der Waals surface area contributed by atoms with E-state index in [0.29, 0.717) is 0 Å². The number of hydrogen-bond acceptors (Lipinski definition) is 3. The Morgan fingerprint density at radius 2 is 2.12 bits per heavy atom. The number of carbonyl (C=O) groups is 1. The molecule has 0 aliphatic carbocycles. The van der Waals surface area contributed by atoms with E-state index in [9.17, 15) is 4.79 Å². The highest BCUT2D eigenvalue weighted by molar-refractivity contribution is 5.77. The van der Waals surface area contributed by atoms with Gasteiger partial charge in [-0.25, -0.2) is 4.98 Å². The van der Waals surface area contributed by atoms with E-state index in [1.165, 1.54) is 5.56 Å². The second-order valence-electron chi connectivity index (χ2n) is 8.07. The van der Waals surface area contributed by atoms with Crippen molar-refractivity contribution < 1.29 is 9.53 Å². The van der Waals surface area contributed by atoms with Crippen molar-refractivity contribution in [2.24, 2.45) is 0 Å². The van der Waals surface area contributed by atoms with Crippen LogP contribution in [-0.4, -0.2) is 26.6 Å². The number of benzene rings is 1. The van der Waals surface area contributed by atoms with Crippen LogP contribution >= 0.6 is 0 Å². The third kappa shape index (κ3) is 3.61. The van der Waals surface area contributed by atoms with Crippen LogP contribution in [0, 0.1) is 0 Å². The van der Waals surface area contributed by atoms with Gasteiger partial charge in [-0.15, -0.1) is 0 Å². The molecule has 1 aromatic carbocycles. The first-order valence-corrected chi connectivity index (χ1v) is 8.26. The third-order valence-corrected chi connectivity index (χ3v) is 3.90. The van der Waals surface area contributed by atoms with Crippen LogP contribution < -0.4 is 10.1 Å². The Morgan fingerprint density at radius 3 is 2.83 bits per heavy atom. The van der Waals surface area contributed by atoms with Crippen LogP contribution in [-0.2, 0) is 17.8 Å². The lowest BCUT2D eigenvalue weighted by Gasteiger charge is -2.21. The molecular weight excluding hydrogens is 302 g/mol. The Hall–Kier alpha value is -2.30. The molecule has 1 aliphatic heterocycles. The quantitative estimate of drug-likeness (QED) is 0.942. The summed E-state index contributed by atoms with van der Waals surface area (Å²) in [5.41, 5.74) is 2.79. The van der Waals surface area contributed by atoms with E-state index >= 15 is 0 Å². The summed E-state index contributed by atoms with van der Waals surface area (Å²) in [6.45, 7) is 10.4. The molecule has 0 radical (unpaired) electrons. The predicted octanol–water partition coefficient (Wildman–Crippen LogP) is 3.18. The van der Waals surface area contributed by atoms with Crippen molar-refractivity contribution in [3.8, 4) is 17.0 Å². The summed E-state index contributed by atoms with van der Waals surface area (Å²) in [5.74, 6) is 0.924. The number of hydrogen-bond donors (Lipinski definition) is 1. The van der Waals surface area contributed by atoms with Gasteiger partial charge in [-0.05, 0) is 58.4 Å². The van der Waals surface area contributed by atoms with E-state index in [-0.39, 0.29) is 23.6 Å². The molecular formula is C19H25N3O2. The average Bonchev–Trinajstić information content (AvgIpc) is 2.97. The van der Waals surface area contributed by atoms with Gasteiger partial charge < -0.3 is 14.6 Å². The summed E-state index contributed by atoms with van der Waals surface area (Å²) in [4.78, 5) is 16.4. The standard InChI is InChI=1S/C19H25N3O2/c1-18(2,3)21-17(23)11-22-12-20-10-15(22)13-6-7-16-14(8-13)9-19(4,5)24-16/h6-8,10,12H,9,11H2,1-5H3,(H,21,23). The number of nitrogens with zero attached hydrogens (tertiary/aromatic N) is 2. The lowest BCUT2D eigenvalue weighted by atomic mass is 9.99. The summed E-state index contributed by atoms with van der Waals surface area (Å²) < 4.78 is 7.81. The van der Waals surface area contributed by atoms with Gasteiger partial charge in [-0.3, -0.25) is 4.79 Å². The summed E-state index contributed by atoms with van der Waals surface area (Å²) in [7, 11) is 0. The molecule has 1 aromatic heterocycles. The number of rotatable bonds is 3. The number of fused-ring (bicyclic) bond motifs is 1. The molecule has 128 valence electrons. The molecule has 24 heavy (non-hydrogen) atoms. The maximum atomic E-state index is 12.2. The molecule has 5 nitrogen and oxygen atoms in total. The molecule has 2 aromatic rings. The summed E-state index contributed by atoms with van der Waals surface area (Å²) in [6.07, 6.45) is 4.38. The molecule has 0 unspecified atom stereocenters. The van der Waals surface area contributed by atoms with Gasteiger partial charge in [-0.1, -0.05) is 0 Å². The van der Waals surface area contributed by atoms with Crippen LogP contribution in [0.25, 0.3) is 11.3 Å². The van der Waals surface area contributed by atoms with E-state index in [4.69, 9.17) is 4.74 Å². The fourth-order valence-corrected chi connectivity index (χ4v) is 3.07. The minimum atomic E-state index is -0.242. The van der Waals surface area contributed by atoms with Crippen LogP contribution in [0.4, 0.5) is 0 Å². The lowest BCUT2D eigenvalue weighted by molar-refractivity contribution is -0.123. The molecule has 0 saturated heterocycles. The van der Waals surface area contributed by atoms with Gasteiger partial charge in [0, 0.05) is 17.5 Å². The first kappa shape index (κ1) is 16.6. The largest absolute Gasteiger partial charge is 0.487 e. The second-order valence-corrected chi connectivity index (χ2v) is 8.07. The SMILES string of the molecule is CC(C)(C)NC(=O)Cn1cncc1-c1ccc2c(c1)CC(C)(C)O2. The van der Waals surface area contributed by atoms with E-state index in [1.807, 2.05) is 37.5 Å². The van der Waals surface area contributed by atoms with E-state index in [1.54, 1.807) is 12.5 Å². The van der Waals surface area contributed by atoms with Gasteiger partial charge in [-0.2, -0.15) is 0 Å². The average molecular weight is 327 g/mol. The maximum Gasteiger partial charge on any atom is 0.240 e. The molecule has 1 amide bonds. The third-order valence-electron chi connectivity index (χ3n) is 3.90. The Kier molecular flexibility index (Phi) is 3.90. The van der Waals surface area contributed by atoms with E-state index in [2.05, 4.69) is 30.2 Å². The van der Waals surface area contributed by atoms with Crippen LogP contribution in [0.3, 0.4) is 0 Å². The van der Waals surface area contributed by atoms with Crippen molar-refractivity contribution >= 4 is 5.91 Å². The van der Waals surface area contributed by atoms with Gasteiger partial charge in [0.25, 0.3) is 0 Å². The van der Waals surface area contributed by atoms with E-state index in [0.717, 1.165) is 23.4 Å². The highest BCUT2D eigenvalue weighted by atomic mass is 16.5. The van der Waals surface area contributed by atoms with Crippen molar-refractivity contribution in [2.75, 3.05) is 0 Å². The molecule has 2 heterocycles. The molecule has 0 saturated carbocycles.